The summed E-state index contributed by atoms with van der Waals surface area (Å²) in [7, 11) is 6.67. The van der Waals surface area contributed by atoms with Gasteiger partial charge in [0.15, 0.2) is 0 Å². The number of carbonyl (C=O) groups excluding carboxylic acids is 2. The molecule has 0 aromatic carbocycles. The average molecular weight is 594 g/mol. The van der Waals surface area contributed by atoms with Crippen LogP contribution in [0.2, 0.25) is 0 Å². The number of hydrogen-bond donors (Lipinski definition) is 2. The van der Waals surface area contributed by atoms with Crippen LogP contribution in [0.4, 0.5) is 0 Å². The van der Waals surface area contributed by atoms with Gasteiger partial charge in [-0.15, -0.1) is 23.5 Å². The summed E-state index contributed by atoms with van der Waals surface area (Å²) in [6, 6.07) is 0. The zero-order valence-corrected chi connectivity index (χ0v) is 27.3. The summed E-state index contributed by atoms with van der Waals surface area (Å²) in [5, 5.41) is 6.92. The molecule has 0 fully saturated rings. The molecule has 0 amide bonds. The number of nitrogens with zero attached hydrogens (tertiary/aromatic N) is 3. The van der Waals surface area contributed by atoms with Gasteiger partial charge in [0.25, 0.3) is 0 Å². The fourth-order valence-corrected chi connectivity index (χ4v) is 5.28. The molecule has 0 aliphatic rings. The molecule has 0 aromatic rings. The van der Waals surface area contributed by atoms with Gasteiger partial charge in [-0.05, 0) is 119 Å². The number of esters is 2. The molecular weight excluding hydrogens is 534 g/mol. The topological polar surface area (TPSA) is 86.4 Å². The number of thioether (sulfide) groups is 2. The summed E-state index contributed by atoms with van der Waals surface area (Å²) in [4.78, 5) is 29.9. The van der Waals surface area contributed by atoms with Crippen LogP contribution in [0.15, 0.2) is 0 Å². The zero-order chi connectivity index (χ0) is 29.0. The molecular formula is C28H59N5O4S2. The maximum Gasteiger partial charge on any atom is 0.315 e. The van der Waals surface area contributed by atoms with Crippen molar-refractivity contribution in [2.75, 3.05) is 123 Å². The van der Waals surface area contributed by atoms with Gasteiger partial charge in [0.1, 0.15) is 0 Å². The molecule has 0 atom stereocenters. The number of unbranched alkanes of at least 4 members (excludes halogenated alkanes) is 1. The Balaban J connectivity index is 3.45. The summed E-state index contributed by atoms with van der Waals surface area (Å²) in [5.41, 5.74) is 0. The van der Waals surface area contributed by atoms with Crippen LogP contribution in [-0.4, -0.2) is 149 Å². The van der Waals surface area contributed by atoms with E-state index in [2.05, 4.69) is 46.5 Å². The first-order valence-corrected chi connectivity index (χ1v) is 17.1. The van der Waals surface area contributed by atoms with Crippen LogP contribution < -0.4 is 10.6 Å². The molecule has 0 unspecified atom stereocenters. The highest BCUT2D eigenvalue weighted by Gasteiger charge is 2.04. The van der Waals surface area contributed by atoms with Crippen LogP contribution in [0.1, 0.15) is 46.0 Å². The number of ether oxygens (including phenoxy) is 2. The molecule has 0 saturated carbocycles. The lowest BCUT2D eigenvalue weighted by molar-refractivity contribution is -0.140. The Labute approximate surface area is 248 Å². The molecule has 0 spiro atoms. The van der Waals surface area contributed by atoms with Gasteiger partial charge in [-0.2, -0.15) is 0 Å². The highest BCUT2D eigenvalue weighted by molar-refractivity contribution is 8.00. The Bertz CT molecular complexity index is 578. The van der Waals surface area contributed by atoms with Gasteiger partial charge in [-0.1, -0.05) is 0 Å². The van der Waals surface area contributed by atoms with Gasteiger partial charge < -0.3 is 34.8 Å². The van der Waals surface area contributed by atoms with Crippen molar-refractivity contribution < 1.29 is 19.1 Å². The second-order valence-corrected chi connectivity index (χ2v) is 12.1. The van der Waals surface area contributed by atoms with Crippen molar-refractivity contribution in [1.82, 2.24) is 25.3 Å². The molecule has 0 aliphatic heterocycles. The minimum absolute atomic E-state index is 0.115. The quantitative estimate of drug-likeness (QED) is 0.0991. The summed E-state index contributed by atoms with van der Waals surface area (Å²) in [6.45, 7) is 15.4. The van der Waals surface area contributed by atoms with E-state index in [4.69, 9.17) is 9.47 Å². The molecule has 0 rings (SSSR count). The molecule has 0 saturated heterocycles. The highest BCUT2D eigenvalue weighted by atomic mass is 32.2. The molecule has 0 aliphatic carbocycles. The van der Waals surface area contributed by atoms with Gasteiger partial charge in [0, 0.05) is 24.6 Å². The van der Waals surface area contributed by atoms with Crippen molar-refractivity contribution in [2.45, 2.75) is 46.0 Å². The molecule has 0 aromatic heterocycles. The molecule has 11 heteroatoms. The summed E-state index contributed by atoms with van der Waals surface area (Å²) < 4.78 is 9.85. The Hall–Kier alpha value is -0.560. The molecule has 232 valence electrons. The third kappa shape index (κ3) is 28.8. The number of rotatable bonds is 29. The van der Waals surface area contributed by atoms with Gasteiger partial charge >= 0.3 is 11.9 Å². The van der Waals surface area contributed by atoms with E-state index >= 15 is 0 Å². The molecule has 0 radical (unpaired) electrons. The van der Waals surface area contributed by atoms with Crippen molar-refractivity contribution in [3.8, 4) is 0 Å². The fourth-order valence-electron chi connectivity index (χ4n) is 3.91. The predicted octanol–water partition coefficient (Wildman–Crippen LogP) is 2.50. The second-order valence-electron chi connectivity index (χ2n) is 9.89. The first-order chi connectivity index (χ1) is 18.9. The monoisotopic (exact) mass is 593 g/mol. The van der Waals surface area contributed by atoms with Crippen LogP contribution in [0, 0.1) is 0 Å². The number of carbonyl (C=O) groups is 2. The van der Waals surface area contributed by atoms with Crippen molar-refractivity contribution in [3.63, 3.8) is 0 Å². The van der Waals surface area contributed by atoms with E-state index in [1.807, 2.05) is 13.8 Å². The molecule has 2 N–H and O–H groups in total. The first kappa shape index (κ1) is 38.4. The molecule has 9 nitrogen and oxygen atoms in total. The lowest BCUT2D eigenvalue weighted by Crippen LogP contribution is -2.29. The van der Waals surface area contributed by atoms with Crippen molar-refractivity contribution >= 4 is 35.5 Å². The van der Waals surface area contributed by atoms with Crippen LogP contribution in [-0.2, 0) is 19.1 Å². The van der Waals surface area contributed by atoms with E-state index in [9.17, 15) is 9.59 Å². The maximum atomic E-state index is 11.3. The van der Waals surface area contributed by atoms with E-state index in [-0.39, 0.29) is 11.9 Å². The van der Waals surface area contributed by atoms with Crippen molar-refractivity contribution in [3.05, 3.63) is 0 Å². The van der Waals surface area contributed by atoms with E-state index < -0.39 is 0 Å². The van der Waals surface area contributed by atoms with Crippen molar-refractivity contribution in [2.24, 2.45) is 0 Å². The van der Waals surface area contributed by atoms with E-state index in [0.29, 0.717) is 24.7 Å². The largest absolute Gasteiger partial charge is 0.465 e. The minimum atomic E-state index is -0.116. The second kappa shape index (κ2) is 29.0. The Morgan fingerprint density at radius 2 is 0.923 bits per heavy atom. The number of nitrogens with one attached hydrogen (secondary N) is 2. The van der Waals surface area contributed by atoms with Gasteiger partial charge in [0.05, 0.1) is 24.7 Å². The fraction of sp³-hybridized carbons (Fsp3) is 0.929. The molecule has 39 heavy (non-hydrogen) atoms. The molecule has 0 bridgehead atoms. The maximum absolute atomic E-state index is 11.3. The molecule has 0 heterocycles. The smallest absolute Gasteiger partial charge is 0.315 e. The third-order valence-electron chi connectivity index (χ3n) is 6.09. The Morgan fingerprint density at radius 1 is 0.564 bits per heavy atom. The highest BCUT2D eigenvalue weighted by Crippen LogP contribution is 2.01. The van der Waals surface area contributed by atoms with Crippen LogP contribution >= 0.6 is 23.5 Å². The SMILES string of the molecule is CCOC(=O)CSCCNCCCN(C)CCCCN(C)CCCN(C)CCCNCCSCC(=O)OCC. The minimum Gasteiger partial charge on any atom is -0.465 e. The van der Waals surface area contributed by atoms with Crippen LogP contribution in [0.25, 0.3) is 0 Å². The van der Waals surface area contributed by atoms with E-state index in [1.54, 1.807) is 23.5 Å². The van der Waals surface area contributed by atoms with Gasteiger partial charge in [0.2, 0.25) is 0 Å². The van der Waals surface area contributed by atoms with E-state index in [0.717, 1.165) is 83.3 Å². The summed E-state index contributed by atoms with van der Waals surface area (Å²) in [6.07, 6.45) is 6.00. The third-order valence-corrected chi connectivity index (χ3v) is 7.96. The predicted molar refractivity (Wildman–Crippen MR) is 169 cm³/mol. The van der Waals surface area contributed by atoms with Gasteiger partial charge in [-0.3, -0.25) is 9.59 Å². The standard InChI is InChI=1S/C28H59N5O4S2/c1-6-36-27(34)25-38-23-15-29-13-10-19-31(3)17-8-9-18-32(4)21-12-22-33(5)20-11-14-30-16-24-39-26-28(35)37-7-2/h29-30H,6-26H2,1-5H3. The zero-order valence-electron chi connectivity index (χ0n) is 25.6. The van der Waals surface area contributed by atoms with Crippen LogP contribution in [0.3, 0.4) is 0 Å². The summed E-state index contributed by atoms with van der Waals surface area (Å²) in [5.74, 6) is 2.55. The Kier molecular flexibility index (Phi) is 28.5. The number of hydrogen-bond acceptors (Lipinski definition) is 11. The normalized spacial score (nSPS) is 11.6. The van der Waals surface area contributed by atoms with Crippen LogP contribution in [0.5, 0.6) is 0 Å². The summed E-state index contributed by atoms with van der Waals surface area (Å²) >= 11 is 3.26. The lowest BCUT2D eigenvalue weighted by atomic mass is 10.2. The average Bonchev–Trinajstić information content (AvgIpc) is 2.90. The van der Waals surface area contributed by atoms with Crippen molar-refractivity contribution in [1.29, 1.82) is 0 Å². The Morgan fingerprint density at radius 3 is 1.31 bits per heavy atom. The van der Waals surface area contributed by atoms with Gasteiger partial charge in [-0.25, -0.2) is 0 Å². The van der Waals surface area contributed by atoms with E-state index in [1.165, 1.54) is 25.8 Å². The lowest BCUT2D eigenvalue weighted by Gasteiger charge is -2.21. The first-order valence-electron chi connectivity index (χ1n) is 14.8.